The maximum atomic E-state index is 12.3. The van der Waals surface area contributed by atoms with Crippen molar-refractivity contribution in [2.75, 3.05) is 12.3 Å². The van der Waals surface area contributed by atoms with Gasteiger partial charge < -0.3 is 10.6 Å². The summed E-state index contributed by atoms with van der Waals surface area (Å²) in [6.07, 6.45) is 2.22. The quantitative estimate of drug-likeness (QED) is 0.734. The summed E-state index contributed by atoms with van der Waals surface area (Å²) in [5.41, 5.74) is 8.14. The molecule has 3 heteroatoms. The Labute approximate surface area is 96.2 Å². The highest BCUT2D eigenvalue weighted by Crippen LogP contribution is 2.21. The highest BCUT2D eigenvalue weighted by molar-refractivity contribution is 5.96. The molecular weight excluding hydrogens is 200 g/mol. The van der Waals surface area contributed by atoms with Crippen molar-refractivity contribution < 1.29 is 4.79 Å². The van der Waals surface area contributed by atoms with Gasteiger partial charge >= 0.3 is 0 Å². The Morgan fingerprint density at radius 1 is 1.50 bits per heavy atom. The topological polar surface area (TPSA) is 46.3 Å². The molecule has 1 saturated heterocycles. The van der Waals surface area contributed by atoms with Crippen LogP contribution < -0.4 is 5.73 Å². The van der Waals surface area contributed by atoms with Gasteiger partial charge in [0, 0.05) is 23.8 Å². The largest absolute Gasteiger partial charge is 0.399 e. The fourth-order valence-electron chi connectivity index (χ4n) is 2.32. The van der Waals surface area contributed by atoms with E-state index in [1.807, 2.05) is 24.0 Å². The summed E-state index contributed by atoms with van der Waals surface area (Å²) >= 11 is 0. The first kappa shape index (κ1) is 11.0. The predicted octanol–water partition coefficient (Wildman–Crippen LogP) is 2.20. The van der Waals surface area contributed by atoms with Crippen molar-refractivity contribution in [1.29, 1.82) is 0 Å². The summed E-state index contributed by atoms with van der Waals surface area (Å²) in [4.78, 5) is 14.2. The molecule has 0 aliphatic carbocycles. The molecule has 1 heterocycles. The van der Waals surface area contributed by atoms with Gasteiger partial charge in [-0.1, -0.05) is 0 Å². The number of hydrogen-bond donors (Lipinski definition) is 1. The average Bonchev–Trinajstić information content (AvgIpc) is 2.63. The lowest BCUT2D eigenvalue weighted by molar-refractivity contribution is 0.0747. The van der Waals surface area contributed by atoms with Crippen molar-refractivity contribution in [3.8, 4) is 0 Å². The second-order valence-corrected chi connectivity index (χ2v) is 4.56. The minimum atomic E-state index is 0.141. The Hall–Kier alpha value is -1.51. The van der Waals surface area contributed by atoms with Crippen LogP contribution in [0.25, 0.3) is 0 Å². The highest BCUT2D eigenvalue weighted by Gasteiger charge is 2.26. The lowest BCUT2D eigenvalue weighted by Gasteiger charge is -2.22. The second kappa shape index (κ2) is 4.16. The maximum absolute atomic E-state index is 12.3. The molecule has 0 saturated carbocycles. The summed E-state index contributed by atoms with van der Waals surface area (Å²) in [6, 6.07) is 5.84. The smallest absolute Gasteiger partial charge is 0.254 e. The van der Waals surface area contributed by atoms with E-state index in [0.29, 0.717) is 11.7 Å². The van der Waals surface area contributed by atoms with Gasteiger partial charge in [0.2, 0.25) is 0 Å². The number of likely N-dealkylation sites (tertiary alicyclic amines) is 1. The SMILES string of the molecule is Cc1cc(N)ccc1C(=O)N1CCCC1C. The predicted molar refractivity (Wildman–Crippen MR) is 65.3 cm³/mol. The molecule has 2 N–H and O–H groups in total. The van der Waals surface area contributed by atoms with Gasteiger partial charge in [-0.25, -0.2) is 0 Å². The number of hydrogen-bond acceptors (Lipinski definition) is 2. The number of nitrogens with zero attached hydrogens (tertiary/aromatic N) is 1. The molecule has 1 aromatic rings. The highest BCUT2D eigenvalue weighted by atomic mass is 16.2. The monoisotopic (exact) mass is 218 g/mol. The van der Waals surface area contributed by atoms with Gasteiger partial charge in [-0.3, -0.25) is 4.79 Å². The second-order valence-electron chi connectivity index (χ2n) is 4.56. The van der Waals surface area contributed by atoms with Crippen molar-refractivity contribution in [2.24, 2.45) is 0 Å². The normalized spacial score (nSPS) is 20.1. The number of aryl methyl sites for hydroxylation is 1. The van der Waals surface area contributed by atoms with E-state index in [1.165, 1.54) is 0 Å². The first-order chi connectivity index (χ1) is 7.59. The van der Waals surface area contributed by atoms with Crippen molar-refractivity contribution >= 4 is 11.6 Å². The first-order valence-corrected chi connectivity index (χ1v) is 5.76. The fraction of sp³-hybridized carbons (Fsp3) is 0.462. The Bertz CT molecular complexity index is 414. The van der Waals surface area contributed by atoms with Crippen LogP contribution in [-0.4, -0.2) is 23.4 Å². The molecule has 2 rings (SSSR count). The molecule has 0 radical (unpaired) electrons. The molecule has 1 atom stereocenters. The third-order valence-corrected chi connectivity index (χ3v) is 3.29. The van der Waals surface area contributed by atoms with Crippen molar-refractivity contribution in [2.45, 2.75) is 32.7 Å². The number of carbonyl (C=O) groups excluding carboxylic acids is 1. The molecule has 1 aromatic carbocycles. The van der Waals surface area contributed by atoms with Gasteiger partial charge in [0.05, 0.1) is 0 Å². The van der Waals surface area contributed by atoms with E-state index in [9.17, 15) is 4.79 Å². The van der Waals surface area contributed by atoms with E-state index in [4.69, 9.17) is 5.73 Å². The van der Waals surface area contributed by atoms with Crippen LogP contribution in [0.3, 0.4) is 0 Å². The van der Waals surface area contributed by atoms with E-state index < -0.39 is 0 Å². The van der Waals surface area contributed by atoms with Crippen LogP contribution in [0.1, 0.15) is 35.7 Å². The molecular formula is C13H18N2O. The number of rotatable bonds is 1. The number of nitrogens with two attached hydrogens (primary N) is 1. The van der Waals surface area contributed by atoms with E-state index >= 15 is 0 Å². The molecule has 0 aromatic heterocycles. The molecule has 3 nitrogen and oxygen atoms in total. The van der Waals surface area contributed by atoms with E-state index in [1.54, 1.807) is 6.07 Å². The first-order valence-electron chi connectivity index (χ1n) is 5.76. The third-order valence-electron chi connectivity index (χ3n) is 3.29. The van der Waals surface area contributed by atoms with Crippen molar-refractivity contribution in [3.63, 3.8) is 0 Å². The van der Waals surface area contributed by atoms with Crippen LogP contribution in [0, 0.1) is 6.92 Å². The van der Waals surface area contributed by atoms with Gasteiger partial charge in [-0.15, -0.1) is 0 Å². The lowest BCUT2D eigenvalue weighted by atomic mass is 10.1. The van der Waals surface area contributed by atoms with Gasteiger partial charge in [0.1, 0.15) is 0 Å². The standard InChI is InChI=1S/C13H18N2O/c1-9-8-11(14)5-6-12(9)13(16)15-7-3-4-10(15)2/h5-6,8,10H,3-4,7,14H2,1-2H3. The van der Waals surface area contributed by atoms with Gasteiger partial charge in [0.25, 0.3) is 5.91 Å². The van der Waals surface area contributed by atoms with Crippen LogP contribution in [-0.2, 0) is 0 Å². The summed E-state index contributed by atoms with van der Waals surface area (Å²) in [5.74, 6) is 0.141. The minimum Gasteiger partial charge on any atom is -0.399 e. The molecule has 1 unspecified atom stereocenters. The number of carbonyl (C=O) groups is 1. The van der Waals surface area contributed by atoms with Crippen LogP contribution in [0.5, 0.6) is 0 Å². The Morgan fingerprint density at radius 3 is 2.81 bits per heavy atom. The van der Waals surface area contributed by atoms with Crippen LogP contribution in [0.4, 0.5) is 5.69 Å². The van der Waals surface area contributed by atoms with E-state index in [2.05, 4.69) is 6.92 Å². The maximum Gasteiger partial charge on any atom is 0.254 e. The summed E-state index contributed by atoms with van der Waals surface area (Å²) in [5, 5.41) is 0. The molecule has 1 aliphatic heterocycles. The molecule has 0 bridgehead atoms. The van der Waals surface area contributed by atoms with Crippen LogP contribution >= 0.6 is 0 Å². The number of amides is 1. The van der Waals surface area contributed by atoms with Crippen LogP contribution in [0.2, 0.25) is 0 Å². The number of nitrogen functional groups attached to an aromatic ring is 1. The zero-order valence-corrected chi connectivity index (χ0v) is 9.86. The molecule has 16 heavy (non-hydrogen) atoms. The molecule has 1 aliphatic rings. The fourth-order valence-corrected chi connectivity index (χ4v) is 2.32. The van der Waals surface area contributed by atoms with Gasteiger partial charge in [-0.2, -0.15) is 0 Å². The summed E-state index contributed by atoms with van der Waals surface area (Å²) in [7, 11) is 0. The Morgan fingerprint density at radius 2 is 2.25 bits per heavy atom. The van der Waals surface area contributed by atoms with Gasteiger partial charge in [0.15, 0.2) is 0 Å². The zero-order chi connectivity index (χ0) is 11.7. The average molecular weight is 218 g/mol. The van der Waals surface area contributed by atoms with Crippen molar-refractivity contribution in [1.82, 2.24) is 4.90 Å². The van der Waals surface area contributed by atoms with E-state index in [0.717, 1.165) is 30.5 Å². The lowest BCUT2D eigenvalue weighted by Crippen LogP contribution is -2.34. The Kier molecular flexibility index (Phi) is 2.86. The van der Waals surface area contributed by atoms with E-state index in [-0.39, 0.29) is 5.91 Å². The van der Waals surface area contributed by atoms with Crippen molar-refractivity contribution in [3.05, 3.63) is 29.3 Å². The third kappa shape index (κ3) is 1.90. The molecule has 1 fully saturated rings. The Balaban J connectivity index is 2.27. The number of benzene rings is 1. The van der Waals surface area contributed by atoms with Crippen LogP contribution in [0.15, 0.2) is 18.2 Å². The molecule has 86 valence electrons. The summed E-state index contributed by atoms with van der Waals surface area (Å²) in [6.45, 7) is 4.92. The summed E-state index contributed by atoms with van der Waals surface area (Å²) < 4.78 is 0. The zero-order valence-electron chi connectivity index (χ0n) is 9.86. The molecule has 0 spiro atoms. The van der Waals surface area contributed by atoms with Gasteiger partial charge in [-0.05, 0) is 50.5 Å². The number of anilines is 1. The molecule has 1 amide bonds. The minimum absolute atomic E-state index is 0.141.